The molecule has 3 saturated heterocycles. The van der Waals surface area contributed by atoms with Crippen molar-refractivity contribution < 1.29 is 19.5 Å². The van der Waals surface area contributed by atoms with E-state index in [9.17, 15) is 19.5 Å². The zero-order valence-electron chi connectivity index (χ0n) is 21.8. The summed E-state index contributed by atoms with van der Waals surface area (Å²) in [6.07, 6.45) is 6.22. The molecule has 8 heteroatoms. The molecular weight excluding hydrogens is 486 g/mol. The number of thioether (sulfide) groups is 1. The molecule has 1 spiro atoms. The highest BCUT2D eigenvalue weighted by Gasteiger charge is 2.73. The van der Waals surface area contributed by atoms with Gasteiger partial charge in [0.15, 0.2) is 0 Å². The third-order valence-electron chi connectivity index (χ3n) is 7.91. The Morgan fingerprint density at radius 3 is 2.51 bits per heavy atom. The van der Waals surface area contributed by atoms with Gasteiger partial charge in [-0.3, -0.25) is 14.4 Å². The molecule has 3 aliphatic rings. The van der Waals surface area contributed by atoms with Gasteiger partial charge >= 0.3 is 0 Å². The van der Waals surface area contributed by atoms with Crippen LogP contribution < -0.4 is 0 Å². The number of hydrogen-bond acceptors (Lipinski definition) is 5. The highest BCUT2D eigenvalue weighted by molar-refractivity contribution is 8.02. The second-order valence-electron chi connectivity index (χ2n) is 10.2. The van der Waals surface area contributed by atoms with Gasteiger partial charge in [0, 0.05) is 44.6 Å². The molecule has 5 atom stereocenters. The van der Waals surface area contributed by atoms with Gasteiger partial charge in [0.1, 0.15) is 6.04 Å². The molecule has 0 aliphatic carbocycles. The maximum absolute atomic E-state index is 14.3. The summed E-state index contributed by atoms with van der Waals surface area (Å²) in [6, 6.07) is 9.15. The van der Waals surface area contributed by atoms with Crippen molar-refractivity contribution in [3.63, 3.8) is 0 Å². The van der Waals surface area contributed by atoms with E-state index in [2.05, 4.69) is 13.2 Å². The number of aliphatic hydroxyl groups is 1. The summed E-state index contributed by atoms with van der Waals surface area (Å²) >= 11 is 1.69. The maximum Gasteiger partial charge on any atom is 0.247 e. The van der Waals surface area contributed by atoms with Crippen LogP contribution in [0.15, 0.2) is 55.6 Å². The van der Waals surface area contributed by atoms with E-state index < -0.39 is 22.6 Å². The molecule has 3 amide bonds. The van der Waals surface area contributed by atoms with Gasteiger partial charge in [-0.15, -0.1) is 24.9 Å². The number of fused-ring (bicyclic) bond motifs is 1. The number of nitrogens with zero attached hydrogens (tertiary/aromatic N) is 3. The predicted octanol–water partition coefficient (Wildman–Crippen LogP) is 3.10. The van der Waals surface area contributed by atoms with E-state index in [1.165, 1.54) is 0 Å². The van der Waals surface area contributed by atoms with Crippen molar-refractivity contribution >= 4 is 29.5 Å². The van der Waals surface area contributed by atoms with E-state index in [4.69, 9.17) is 0 Å². The van der Waals surface area contributed by atoms with Gasteiger partial charge in [0.05, 0.1) is 16.6 Å². The summed E-state index contributed by atoms with van der Waals surface area (Å²) < 4.78 is -0.628. The molecule has 3 aliphatic heterocycles. The quantitative estimate of drug-likeness (QED) is 0.401. The Kier molecular flexibility index (Phi) is 8.80. The largest absolute Gasteiger partial charge is 0.396 e. The zero-order chi connectivity index (χ0) is 26.6. The van der Waals surface area contributed by atoms with Crippen molar-refractivity contribution in [2.24, 2.45) is 11.8 Å². The minimum atomic E-state index is -0.660. The molecule has 3 heterocycles. The Balaban J connectivity index is 1.70. The predicted molar refractivity (Wildman–Crippen MR) is 147 cm³/mol. The topological polar surface area (TPSA) is 81.2 Å². The summed E-state index contributed by atoms with van der Waals surface area (Å²) in [4.78, 5) is 47.4. The highest BCUT2D eigenvalue weighted by atomic mass is 32.2. The molecule has 2 bridgehead atoms. The highest BCUT2D eigenvalue weighted by Crippen LogP contribution is 2.66. The fourth-order valence-electron chi connectivity index (χ4n) is 6.49. The molecule has 0 aromatic heterocycles. The van der Waals surface area contributed by atoms with Crippen LogP contribution in [0.5, 0.6) is 0 Å². The average Bonchev–Trinajstić information content (AvgIpc) is 3.54. The molecule has 1 aromatic rings. The fourth-order valence-corrected chi connectivity index (χ4v) is 8.69. The van der Waals surface area contributed by atoms with Crippen LogP contribution in [0.4, 0.5) is 0 Å². The first kappa shape index (κ1) is 27.5. The summed E-state index contributed by atoms with van der Waals surface area (Å²) in [6.45, 7) is 11.8. The van der Waals surface area contributed by atoms with Crippen LogP contribution in [-0.2, 0) is 20.9 Å². The second-order valence-corrected chi connectivity index (χ2v) is 11.8. The summed E-state index contributed by atoms with van der Waals surface area (Å²) in [7, 11) is 0. The number of aliphatic hydroxyl groups excluding tert-OH is 1. The van der Waals surface area contributed by atoms with Crippen LogP contribution in [0.3, 0.4) is 0 Å². The SMILES string of the molecule is C=CCN(Cc1ccccc1)C(=O)C1N(CCCO)C(=O)[C@@H]2[C@H](C(=O)N(CC=C)CCC)[C@@H]3CCC12S3. The summed E-state index contributed by atoms with van der Waals surface area (Å²) in [5.74, 6) is -1.18. The van der Waals surface area contributed by atoms with Crippen molar-refractivity contribution in [1.29, 1.82) is 0 Å². The number of rotatable bonds is 13. The number of carbonyl (C=O) groups is 3. The molecule has 37 heavy (non-hydrogen) atoms. The minimum absolute atomic E-state index is 0.00150. The third kappa shape index (κ3) is 4.98. The first-order valence-corrected chi connectivity index (χ1v) is 14.2. The Hall–Kier alpha value is -2.58. The first-order valence-electron chi connectivity index (χ1n) is 13.4. The van der Waals surface area contributed by atoms with Crippen molar-refractivity contribution in [1.82, 2.24) is 14.7 Å². The van der Waals surface area contributed by atoms with Gasteiger partial charge in [-0.05, 0) is 31.2 Å². The molecular formula is C29H39N3O4S. The monoisotopic (exact) mass is 525 g/mol. The lowest BCUT2D eigenvalue weighted by Crippen LogP contribution is -2.55. The maximum atomic E-state index is 14.3. The van der Waals surface area contributed by atoms with Gasteiger partial charge < -0.3 is 19.8 Å². The number of likely N-dealkylation sites (tertiary alicyclic amines) is 1. The van der Waals surface area contributed by atoms with E-state index in [0.29, 0.717) is 39.1 Å². The minimum Gasteiger partial charge on any atom is -0.396 e. The number of hydrogen-bond donors (Lipinski definition) is 1. The Labute approximate surface area is 224 Å². The van der Waals surface area contributed by atoms with Crippen LogP contribution in [-0.4, -0.2) is 86.4 Å². The molecule has 0 radical (unpaired) electrons. The average molecular weight is 526 g/mol. The van der Waals surface area contributed by atoms with Crippen molar-refractivity contribution in [2.75, 3.05) is 32.8 Å². The first-order chi connectivity index (χ1) is 17.9. The van der Waals surface area contributed by atoms with E-state index in [-0.39, 0.29) is 29.6 Å². The smallest absolute Gasteiger partial charge is 0.247 e. The van der Waals surface area contributed by atoms with E-state index >= 15 is 0 Å². The van der Waals surface area contributed by atoms with E-state index in [0.717, 1.165) is 24.8 Å². The van der Waals surface area contributed by atoms with Crippen molar-refractivity contribution in [2.45, 2.75) is 55.2 Å². The van der Waals surface area contributed by atoms with Crippen LogP contribution in [0, 0.1) is 11.8 Å². The number of carbonyl (C=O) groups excluding carboxylic acids is 3. The van der Waals surface area contributed by atoms with Gasteiger partial charge in [0.2, 0.25) is 17.7 Å². The van der Waals surface area contributed by atoms with Gasteiger partial charge in [-0.2, -0.15) is 0 Å². The molecule has 1 aromatic carbocycles. The summed E-state index contributed by atoms with van der Waals surface area (Å²) in [5.41, 5.74) is 1.01. The lowest BCUT2D eigenvalue weighted by molar-refractivity contribution is -0.145. The third-order valence-corrected chi connectivity index (χ3v) is 9.86. The number of benzene rings is 1. The van der Waals surface area contributed by atoms with Crippen molar-refractivity contribution in [3.05, 3.63) is 61.2 Å². The Bertz CT molecular complexity index is 1020. The lowest BCUT2D eigenvalue weighted by atomic mass is 9.70. The standard InChI is InChI=1S/C29H39N3O4S/c1-4-15-30(16-5-2)26(34)23-22-13-14-29(37-22)24(23)27(35)32(18-10-19-33)25(29)28(36)31(17-6-3)20-21-11-8-7-9-12-21/h4,6-9,11-12,22-25,33H,1,3,5,10,13-20H2,2H3/t22-,23+,24-,25?,29?/m0/s1. The lowest BCUT2D eigenvalue weighted by Gasteiger charge is -2.37. The van der Waals surface area contributed by atoms with E-state index in [1.807, 2.05) is 42.2 Å². The molecule has 0 saturated carbocycles. The molecule has 1 N–H and O–H groups in total. The second kappa shape index (κ2) is 11.9. The molecule has 7 nitrogen and oxygen atoms in total. The van der Waals surface area contributed by atoms with Crippen LogP contribution in [0.1, 0.15) is 38.2 Å². The van der Waals surface area contributed by atoms with Crippen LogP contribution >= 0.6 is 11.8 Å². The van der Waals surface area contributed by atoms with Crippen LogP contribution in [0.2, 0.25) is 0 Å². The van der Waals surface area contributed by atoms with Crippen LogP contribution in [0.25, 0.3) is 0 Å². The van der Waals surface area contributed by atoms with E-state index in [1.54, 1.807) is 33.7 Å². The van der Waals surface area contributed by atoms with Crippen molar-refractivity contribution in [3.8, 4) is 0 Å². The molecule has 200 valence electrons. The van der Waals surface area contributed by atoms with Gasteiger partial charge in [-0.1, -0.05) is 49.4 Å². The van der Waals surface area contributed by atoms with Gasteiger partial charge in [0.25, 0.3) is 0 Å². The summed E-state index contributed by atoms with van der Waals surface area (Å²) in [5, 5.41) is 9.60. The molecule has 3 fully saturated rings. The Morgan fingerprint density at radius 1 is 1.16 bits per heavy atom. The molecule has 2 unspecified atom stereocenters. The van der Waals surface area contributed by atoms with Gasteiger partial charge in [-0.25, -0.2) is 0 Å². The Morgan fingerprint density at radius 2 is 1.86 bits per heavy atom. The zero-order valence-corrected chi connectivity index (χ0v) is 22.6. The normalized spacial score (nSPS) is 27.7. The number of amides is 3. The fraction of sp³-hybridized carbons (Fsp3) is 0.552. The molecule has 4 rings (SSSR count).